The minimum Gasteiger partial charge on any atom is -0.497 e. The Morgan fingerprint density at radius 2 is 1.90 bits per heavy atom. The summed E-state index contributed by atoms with van der Waals surface area (Å²) in [5.41, 5.74) is 1.61. The Morgan fingerprint density at radius 1 is 1.10 bits per heavy atom. The van der Waals surface area contributed by atoms with Gasteiger partial charge in [-0.1, -0.05) is 18.2 Å². The number of para-hydroxylation sites is 1. The molecule has 0 aliphatic rings. The SMILES string of the molecule is COc1ccc(C(O)c2ccnc3ccccc23)c(F)c1. The lowest BCUT2D eigenvalue weighted by Gasteiger charge is -2.15. The van der Waals surface area contributed by atoms with Gasteiger partial charge in [-0.25, -0.2) is 4.39 Å². The zero-order valence-electron chi connectivity index (χ0n) is 11.5. The number of halogens is 1. The highest BCUT2D eigenvalue weighted by Crippen LogP contribution is 2.30. The van der Waals surface area contributed by atoms with Gasteiger partial charge in [-0.15, -0.1) is 0 Å². The molecule has 106 valence electrons. The number of pyridine rings is 1. The number of aliphatic hydroxyl groups excluding tert-OH is 1. The fourth-order valence-corrected chi connectivity index (χ4v) is 2.38. The first kappa shape index (κ1) is 13.5. The fraction of sp³-hybridized carbons (Fsp3) is 0.118. The molecule has 1 unspecified atom stereocenters. The van der Waals surface area contributed by atoms with Crippen LogP contribution in [-0.4, -0.2) is 17.2 Å². The third kappa shape index (κ3) is 2.45. The van der Waals surface area contributed by atoms with Gasteiger partial charge >= 0.3 is 0 Å². The molecule has 0 fully saturated rings. The van der Waals surface area contributed by atoms with E-state index < -0.39 is 11.9 Å². The summed E-state index contributed by atoms with van der Waals surface area (Å²) < 4.78 is 19.1. The van der Waals surface area contributed by atoms with Gasteiger partial charge in [0.2, 0.25) is 0 Å². The van der Waals surface area contributed by atoms with Crippen LogP contribution in [0.5, 0.6) is 5.75 Å². The highest BCUT2D eigenvalue weighted by Gasteiger charge is 2.18. The molecule has 21 heavy (non-hydrogen) atoms. The highest BCUT2D eigenvalue weighted by atomic mass is 19.1. The van der Waals surface area contributed by atoms with Crippen LogP contribution < -0.4 is 4.74 Å². The third-order valence-electron chi connectivity index (χ3n) is 3.48. The molecule has 0 amide bonds. The average Bonchev–Trinajstić information content (AvgIpc) is 2.53. The van der Waals surface area contributed by atoms with Gasteiger partial charge in [0.15, 0.2) is 0 Å². The molecule has 0 radical (unpaired) electrons. The van der Waals surface area contributed by atoms with Gasteiger partial charge in [-0.3, -0.25) is 4.98 Å². The smallest absolute Gasteiger partial charge is 0.133 e. The molecule has 0 bridgehead atoms. The number of fused-ring (bicyclic) bond motifs is 1. The summed E-state index contributed by atoms with van der Waals surface area (Å²) in [5, 5.41) is 11.3. The second-order valence-electron chi connectivity index (χ2n) is 4.71. The minimum absolute atomic E-state index is 0.215. The van der Waals surface area contributed by atoms with Crippen molar-refractivity contribution in [3.8, 4) is 5.75 Å². The molecular formula is C17H14FNO2. The Morgan fingerprint density at radius 3 is 2.67 bits per heavy atom. The van der Waals surface area contributed by atoms with Crippen molar-refractivity contribution in [2.24, 2.45) is 0 Å². The molecule has 0 saturated heterocycles. The zero-order valence-corrected chi connectivity index (χ0v) is 11.5. The van der Waals surface area contributed by atoms with Crippen LogP contribution in [0.15, 0.2) is 54.7 Å². The van der Waals surface area contributed by atoms with E-state index >= 15 is 0 Å². The van der Waals surface area contributed by atoms with Gasteiger partial charge in [0.25, 0.3) is 0 Å². The average molecular weight is 283 g/mol. The van der Waals surface area contributed by atoms with Crippen LogP contribution >= 0.6 is 0 Å². The number of hydrogen-bond donors (Lipinski definition) is 1. The van der Waals surface area contributed by atoms with E-state index in [4.69, 9.17) is 4.74 Å². The largest absolute Gasteiger partial charge is 0.497 e. The quantitative estimate of drug-likeness (QED) is 0.800. The summed E-state index contributed by atoms with van der Waals surface area (Å²) in [7, 11) is 1.47. The lowest BCUT2D eigenvalue weighted by molar-refractivity contribution is 0.216. The minimum atomic E-state index is -1.05. The zero-order chi connectivity index (χ0) is 14.8. The lowest BCUT2D eigenvalue weighted by atomic mass is 9.98. The molecule has 1 heterocycles. The Hall–Kier alpha value is -2.46. The van der Waals surface area contributed by atoms with Crippen molar-refractivity contribution in [3.63, 3.8) is 0 Å². The van der Waals surface area contributed by atoms with Gasteiger partial charge in [0.1, 0.15) is 17.7 Å². The number of ether oxygens (including phenoxy) is 1. The van der Waals surface area contributed by atoms with E-state index in [0.29, 0.717) is 11.3 Å². The van der Waals surface area contributed by atoms with E-state index in [1.54, 1.807) is 18.3 Å². The van der Waals surface area contributed by atoms with Crippen LogP contribution in [0.1, 0.15) is 17.2 Å². The first-order chi connectivity index (χ1) is 10.2. The van der Waals surface area contributed by atoms with E-state index in [0.717, 1.165) is 10.9 Å². The van der Waals surface area contributed by atoms with Gasteiger partial charge < -0.3 is 9.84 Å². The molecule has 2 aromatic carbocycles. The van der Waals surface area contributed by atoms with Gasteiger partial charge in [-0.05, 0) is 29.8 Å². The summed E-state index contributed by atoms with van der Waals surface area (Å²) in [6.45, 7) is 0. The van der Waals surface area contributed by atoms with Gasteiger partial charge in [0.05, 0.1) is 12.6 Å². The number of aromatic nitrogens is 1. The van der Waals surface area contributed by atoms with Crippen molar-refractivity contribution in [3.05, 3.63) is 71.7 Å². The van der Waals surface area contributed by atoms with Crippen molar-refractivity contribution in [1.29, 1.82) is 0 Å². The van der Waals surface area contributed by atoms with Crippen LogP contribution in [0.25, 0.3) is 10.9 Å². The molecule has 1 atom stereocenters. The number of benzene rings is 2. The summed E-state index contributed by atoms with van der Waals surface area (Å²) in [6, 6.07) is 13.6. The molecule has 0 aliphatic heterocycles. The number of rotatable bonds is 3. The fourth-order valence-electron chi connectivity index (χ4n) is 2.38. The molecule has 0 spiro atoms. The molecule has 3 nitrogen and oxygen atoms in total. The highest BCUT2D eigenvalue weighted by molar-refractivity contribution is 5.82. The monoisotopic (exact) mass is 283 g/mol. The maximum atomic E-state index is 14.1. The number of methoxy groups -OCH3 is 1. The van der Waals surface area contributed by atoms with E-state index in [1.165, 1.54) is 19.2 Å². The molecule has 1 aromatic heterocycles. The van der Waals surface area contributed by atoms with E-state index in [9.17, 15) is 9.50 Å². The molecule has 1 N–H and O–H groups in total. The summed E-state index contributed by atoms with van der Waals surface area (Å²) in [4.78, 5) is 4.24. The summed E-state index contributed by atoms with van der Waals surface area (Å²) in [6.07, 6.45) is 0.561. The van der Waals surface area contributed by atoms with Crippen LogP contribution in [0, 0.1) is 5.82 Å². The maximum Gasteiger partial charge on any atom is 0.133 e. The van der Waals surface area contributed by atoms with E-state index in [1.807, 2.05) is 24.3 Å². The van der Waals surface area contributed by atoms with Crippen molar-refractivity contribution >= 4 is 10.9 Å². The predicted octanol–water partition coefficient (Wildman–Crippen LogP) is 3.46. The molecular weight excluding hydrogens is 269 g/mol. The Kier molecular flexibility index (Phi) is 3.54. The maximum absolute atomic E-state index is 14.1. The topological polar surface area (TPSA) is 42.4 Å². The van der Waals surface area contributed by atoms with Crippen LogP contribution in [-0.2, 0) is 0 Å². The normalized spacial score (nSPS) is 12.3. The molecule has 0 saturated carbocycles. The predicted molar refractivity (Wildman–Crippen MR) is 78.8 cm³/mol. The third-order valence-corrected chi connectivity index (χ3v) is 3.48. The number of nitrogens with zero attached hydrogens (tertiary/aromatic N) is 1. The molecule has 3 rings (SSSR count). The van der Waals surface area contributed by atoms with Gasteiger partial charge in [0, 0.05) is 23.2 Å². The standard InChI is InChI=1S/C17H14FNO2/c1-21-11-6-7-14(15(18)10-11)17(20)13-8-9-19-16-5-3-2-4-12(13)16/h2-10,17,20H,1H3. The Balaban J connectivity index is 2.10. The summed E-state index contributed by atoms with van der Waals surface area (Å²) in [5.74, 6) is -0.0780. The Labute approximate surface area is 121 Å². The van der Waals surface area contributed by atoms with Crippen LogP contribution in [0.4, 0.5) is 4.39 Å². The van der Waals surface area contributed by atoms with Crippen molar-refractivity contribution in [2.75, 3.05) is 7.11 Å². The van der Waals surface area contributed by atoms with E-state index in [2.05, 4.69) is 4.98 Å². The first-order valence-electron chi connectivity index (χ1n) is 6.56. The van der Waals surface area contributed by atoms with Gasteiger partial charge in [-0.2, -0.15) is 0 Å². The van der Waals surface area contributed by atoms with Crippen molar-refractivity contribution in [2.45, 2.75) is 6.10 Å². The lowest BCUT2D eigenvalue weighted by Crippen LogP contribution is -2.04. The number of aliphatic hydroxyl groups is 1. The Bertz CT molecular complexity index is 783. The molecule has 0 aliphatic carbocycles. The molecule has 4 heteroatoms. The second-order valence-corrected chi connectivity index (χ2v) is 4.71. The van der Waals surface area contributed by atoms with Crippen molar-refractivity contribution < 1.29 is 14.2 Å². The van der Waals surface area contributed by atoms with E-state index in [-0.39, 0.29) is 5.56 Å². The van der Waals surface area contributed by atoms with Crippen LogP contribution in [0.2, 0.25) is 0 Å². The first-order valence-corrected chi connectivity index (χ1v) is 6.56. The van der Waals surface area contributed by atoms with Crippen LogP contribution in [0.3, 0.4) is 0 Å². The van der Waals surface area contributed by atoms with Crippen molar-refractivity contribution in [1.82, 2.24) is 4.98 Å². The molecule has 3 aromatic rings. The second kappa shape index (κ2) is 5.50. The summed E-state index contributed by atoms with van der Waals surface area (Å²) >= 11 is 0. The number of hydrogen-bond acceptors (Lipinski definition) is 3.